The summed E-state index contributed by atoms with van der Waals surface area (Å²) in [6, 6.07) is 4.04. The van der Waals surface area contributed by atoms with Crippen LogP contribution in [-0.2, 0) is 4.74 Å². The van der Waals surface area contributed by atoms with Crippen LogP contribution >= 0.6 is 11.6 Å². The van der Waals surface area contributed by atoms with Crippen molar-refractivity contribution in [1.29, 1.82) is 0 Å². The Kier molecular flexibility index (Phi) is 3.69. The van der Waals surface area contributed by atoms with E-state index in [2.05, 4.69) is 15.5 Å². The molecule has 106 valence electrons. The molecule has 3 rings (SSSR count). The number of benzene rings is 1. The van der Waals surface area contributed by atoms with Crippen molar-refractivity contribution in [2.75, 3.05) is 13.7 Å². The van der Waals surface area contributed by atoms with Crippen LogP contribution in [0.4, 0.5) is 4.39 Å². The zero-order valence-electron chi connectivity index (χ0n) is 10.8. The highest BCUT2D eigenvalue weighted by Gasteiger charge is 2.29. The van der Waals surface area contributed by atoms with E-state index < -0.39 is 5.82 Å². The minimum atomic E-state index is -0.400. The van der Waals surface area contributed by atoms with Crippen molar-refractivity contribution >= 4 is 11.6 Å². The van der Waals surface area contributed by atoms with Crippen LogP contribution in [-0.4, -0.2) is 29.9 Å². The molecule has 0 bridgehead atoms. The van der Waals surface area contributed by atoms with Gasteiger partial charge in [-0.05, 0) is 24.6 Å². The summed E-state index contributed by atoms with van der Waals surface area (Å²) in [5.41, 5.74) is 0.546. The Bertz CT molecular complexity index is 619. The molecule has 0 saturated carbocycles. The van der Waals surface area contributed by atoms with E-state index in [-0.39, 0.29) is 17.2 Å². The Balaban J connectivity index is 1.83. The van der Waals surface area contributed by atoms with Crippen molar-refractivity contribution in [1.82, 2.24) is 15.5 Å². The Hall–Kier alpha value is -1.50. The standard InChI is InChI=1S/C13H13ClFN3O2/c1-19-8-5-11(16-6-8)13-17-12(18-20-13)9-3-2-7(15)4-10(9)14/h2-4,8,11,16H,5-6H2,1H3. The second-order valence-corrected chi connectivity index (χ2v) is 5.04. The minimum Gasteiger partial charge on any atom is -0.380 e. The second kappa shape index (κ2) is 5.47. The van der Waals surface area contributed by atoms with Crippen LogP contribution in [0.2, 0.25) is 5.02 Å². The molecule has 2 unspecified atom stereocenters. The number of aromatic nitrogens is 2. The van der Waals surface area contributed by atoms with Crippen molar-refractivity contribution < 1.29 is 13.7 Å². The van der Waals surface area contributed by atoms with Crippen molar-refractivity contribution in [2.45, 2.75) is 18.6 Å². The number of halogens is 2. The number of hydrogen-bond donors (Lipinski definition) is 1. The molecule has 5 nitrogen and oxygen atoms in total. The number of ether oxygens (including phenoxy) is 1. The maximum atomic E-state index is 13.0. The number of hydrogen-bond acceptors (Lipinski definition) is 5. The summed E-state index contributed by atoms with van der Waals surface area (Å²) >= 11 is 5.98. The zero-order valence-corrected chi connectivity index (χ0v) is 11.5. The molecule has 1 aliphatic heterocycles. The third-order valence-corrected chi connectivity index (χ3v) is 3.65. The molecule has 0 aliphatic carbocycles. The second-order valence-electron chi connectivity index (χ2n) is 4.63. The van der Waals surface area contributed by atoms with Crippen LogP contribution in [0.5, 0.6) is 0 Å². The summed E-state index contributed by atoms with van der Waals surface area (Å²) in [5.74, 6) is 0.440. The quantitative estimate of drug-likeness (QED) is 0.943. The van der Waals surface area contributed by atoms with E-state index >= 15 is 0 Å². The normalized spacial score (nSPS) is 22.4. The molecule has 7 heteroatoms. The molecule has 1 aliphatic rings. The van der Waals surface area contributed by atoms with Gasteiger partial charge < -0.3 is 14.6 Å². The molecule has 1 fully saturated rings. The van der Waals surface area contributed by atoms with E-state index in [4.69, 9.17) is 20.9 Å². The summed E-state index contributed by atoms with van der Waals surface area (Å²) in [5, 5.41) is 7.40. The first-order valence-corrected chi connectivity index (χ1v) is 6.60. The van der Waals surface area contributed by atoms with E-state index in [0.29, 0.717) is 17.3 Å². The van der Waals surface area contributed by atoms with E-state index in [9.17, 15) is 4.39 Å². The molecule has 2 heterocycles. The third kappa shape index (κ3) is 2.54. The predicted molar refractivity (Wildman–Crippen MR) is 70.9 cm³/mol. The third-order valence-electron chi connectivity index (χ3n) is 3.34. The van der Waals surface area contributed by atoms with Gasteiger partial charge in [-0.15, -0.1) is 0 Å². The topological polar surface area (TPSA) is 60.2 Å². The van der Waals surface area contributed by atoms with Gasteiger partial charge in [-0.1, -0.05) is 16.8 Å². The van der Waals surface area contributed by atoms with Crippen LogP contribution in [0.25, 0.3) is 11.4 Å². The lowest BCUT2D eigenvalue weighted by molar-refractivity contribution is 0.116. The number of nitrogens with one attached hydrogen (secondary N) is 1. The summed E-state index contributed by atoms with van der Waals surface area (Å²) in [6.45, 7) is 0.746. The molecule has 0 radical (unpaired) electrons. The largest absolute Gasteiger partial charge is 0.380 e. The molecular formula is C13H13ClFN3O2. The molecular weight excluding hydrogens is 285 g/mol. The van der Waals surface area contributed by atoms with E-state index in [1.807, 2.05) is 0 Å². The van der Waals surface area contributed by atoms with Gasteiger partial charge >= 0.3 is 0 Å². The van der Waals surface area contributed by atoms with Gasteiger partial charge in [-0.3, -0.25) is 0 Å². The predicted octanol–water partition coefficient (Wildman–Crippen LogP) is 2.58. The van der Waals surface area contributed by atoms with E-state index in [1.54, 1.807) is 7.11 Å². The molecule has 20 heavy (non-hydrogen) atoms. The van der Waals surface area contributed by atoms with Crippen molar-refractivity contribution in [2.24, 2.45) is 0 Å². The zero-order chi connectivity index (χ0) is 14.1. The Morgan fingerprint density at radius 1 is 1.50 bits per heavy atom. The molecule has 0 amide bonds. The minimum absolute atomic E-state index is 0.0274. The highest BCUT2D eigenvalue weighted by molar-refractivity contribution is 6.33. The van der Waals surface area contributed by atoms with Gasteiger partial charge in [-0.2, -0.15) is 4.98 Å². The smallest absolute Gasteiger partial charge is 0.244 e. The number of methoxy groups -OCH3 is 1. The molecule has 0 spiro atoms. The fourth-order valence-electron chi connectivity index (χ4n) is 2.23. The first-order valence-electron chi connectivity index (χ1n) is 6.22. The average Bonchev–Trinajstić information content (AvgIpc) is 3.07. The van der Waals surface area contributed by atoms with Crippen molar-refractivity contribution in [3.05, 3.63) is 34.9 Å². The summed E-state index contributed by atoms with van der Waals surface area (Å²) in [7, 11) is 1.67. The average molecular weight is 298 g/mol. The van der Waals surface area contributed by atoms with Crippen molar-refractivity contribution in [3.63, 3.8) is 0 Å². The van der Waals surface area contributed by atoms with Crippen molar-refractivity contribution in [3.8, 4) is 11.4 Å². The van der Waals surface area contributed by atoms with Crippen LogP contribution in [0, 0.1) is 5.82 Å². The monoisotopic (exact) mass is 297 g/mol. The first kappa shape index (κ1) is 13.5. The van der Waals surface area contributed by atoms with Gasteiger partial charge in [0.2, 0.25) is 11.7 Å². The summed E-state index contributed by atoms with van der Waals surface area (Å²) in [6.07, 6.45) is 0.916. The maximum Gasteiger partial charge on any atom is 0.244 e. The van der Waals surface area contributed by atoms with Crippen LogP contribution in [0.1, 0.15) is 18.4 Å². The van der Waals surface area contributed by atoms with Gasteiger partial charge in [0.25, 0.3) is 0 Å². The fraction of sp³-hybridized carbons (Fsp3) is 0.385. The fourth-order valence-corrected chi connectivity index (χ4v) is 2.48. The molecule has 1 N–H and O–H groups in total. The van der Waals surface area contributed by atoms with Crippen LogP contribution in [0.3, 0.4) is 0 Å². The Labute approximate surface area is 120 Å². The first-order chi connectivity index (χ1) is 9.67. The van der Waals surface area contributed by atoms with Gasteiger partial charge in [0.15, 0.2) is 0 Å². The lowest BCUT2D eigenvalue weighted by atomic mass is 10.2. The molecule has 2 aromatic rings. The lowest BCUT2D eigenvalue weighted by Gasteiger charge is -2.04. The van der Waals surface area contributed by atoms with Crippen LogP contribution < -0.4 is 5.32 Å². The van der Waals surface area contributed by atoms with Gasteiger partial charge in [0.05, 0.1) is 17.2 Å². The Morgan fingerprint density at radius 2 is 2.35 bits per heavy atom. The van der Waals surface area contributed by atoms with Gasteiger partial charge in [0.1, 0.15) is 5.82 Å². The van der Waals surface area contributed by atoms with E-state index in [1.165, 1.54) is 18.2 Å². The van der Waals surface area contributed by atoms with Gasteiger partial charge in [-0.25, -0.2) is 4.39 Å². The SMILES string of the molecule is COC1CNC(c2nc(-c3ccc(F)cc3Cl)no2)C1. The van der Waals surface area contributed by atoms with E-state index in [0.717, 1.165) is 13.0 Å². The van der Waals surface area contributed by atoms with Crippen LogP contribution in [0.15, 0.2) is 22.7 Å². The van der Waals surface area contributed by atoms with Gasteiger partial charge in [0, 0.05) is 19.2 Å². The summed E-state index contributed by atoms with van der Waals surface area (Å²) in [4.78, 5) is 4.32. The molecule has 1 aromatic carbocycles. The lowest BCUT2D eigenvalue weighted by Crippen LogP contribution is -2.16. The highest BCUT2D eigenvalue weighted by Crippen LogP contribution is 2.29. The molecule has 1 saturated heterocycles. The Morgan fingerprint density at radius 3 is 3.05 bits per heavy atom. The molecule has 1 aromatic heterocycles. The summed E-state index contributed by atoms with van der Waals surface area (Å²) < 4.78 is 23.5. The highest BCUT2D eigenvalue weighted by atomic mass is 35.5. The number of rotatable bonds is 3. The molecule has 2 atom stereocenters. The number of nitrogens with zero attached hydrogens (tertiary/aromatic N) is 2. The maximum absolute atomic E-state index is 13.0.